The minimum Gasteiger partial charge on any atom is -0.476 e. The fraction of sp³-hybridized carbons (Fsp3) is 0.364. The lowest BCUT2D eigenvalue weighted by Gasteiger charge is -2.19. The maximum absolute atomic E-state index is 9.31. The second-order valence-corrected chi connectivity index (χ2v) is 7.73. The first-order chi connectivity index (χ1) is 14.3. The van der Waals surface area contributed by atoms with Crippen molar-refractivity contribution in [2.75, 3.05) is 24.6 Å². The number of anilines is 1. The van der Waals surface area contributed by atoms with E-state index in [0.717, 1.165) is 43.9 Å². The average Bonchev–Trinajstić information content (AvgIpc) is 3.26. The fourth-order valence-corrected chi connectivity index (χ4v) is 3.75. The van der Waals surface area contributed by atoms with Crippen LogP contribution < -0.4 is 9.64 Å². The molecule has 0 N–H and O–H groups in total. The molecule has 0 spiro atoms. The number of imidazole rings is 1. The van der Waals surface area contributed by atoms with Gasteiger partial charge in [0.05, 0.1) is 19.1 Å². The number of rotatable bonds is 6. The Kier molecular flexibility index (Phi) is 4.60. The van der Waals surface area contributed by atoms with E-state index in [0.29, 0.717) is 29.9 Å². The van der Waals surface area contributed by atoms with E-state index in [4.69, 9.17) is 4.74 Å². The Balaban J connectivity index is 1.21. The molecule has 3 aromatic rings. The zero-order valence-electron chi connectivity index (χ0n) is 16.1. The maximum Gasteiger partial charge on any atom is 0.235 e. The van der Waals surface area contributed by atoms with Crippen molar-refractivity contribution in [2.24, 2.45) is 5.92 Å². The number of aromatic nitrogens is 4. The van der Waals surface area contributed by atoms with Crippen LogP contribution in [0, 0.1) is 17.2 Å². The quantitative estimate of drug-likeness (QED) is 0.647. The predicted octanol–water partition coefficient (Wildman–Crippen LogP) is 3.32. The molecule has 3 heterocycles. The molecule has 1 aliphatic carbocycles. The molecule has 1 aliphatic heterocycles. The molecular formula is C22H22N6O. The lowest BCUT2D eigenvalue weighted by molar-refractivity contribution is 0.250. The summed E-state index contributed by atoms with van der Waals surface area (Å²) in [5, 5.41) is 9.31. The Morgan fingerprint density at radius 1 is 1.14 bits per heavy atom. The minimum absolute atomic E-state index is 0.411. The molecule has 1 aromatic carbocycles. The zero-order chi connectivity index (χ0) is 19.6. The number of nitriles is 1. The Bertz CT molecular complexity index is 1020. The van der Waals surface area contributed by atoms with Gasteiger partial charge in [-0.15, -0.1) is 0 Å². The highest BCUT2D eigenvalue weighted by Gasteiger charge is 2.28. The van der Waals surface area contributed by atoms with E-state index < -0.39 is 0 Å². The van der Waals surface area contributed by atoms with Gasteiger partial charge in [0, 0.05) is 48.7 Å². The molecule has 0 bridgehead atoms. The van der Waals surface area contributed by atoms with Gasteiger partial charge in [0.25, 0.3) is 0 Å². The molecule has 1 saturated carbocycles. The largest absolute Gasteiger partial charge is 0.476 e. The van der Waals surface area contributed by atoms with Gasteiger partial charge in [-0.1, -0.05) is 0 Å². The summed E-state index contributed by atoms with van der Waals surface area (Å²) in [6, 6.07) is 10.7. The van der Waals surface area contributed by atoms with Crippen molar-refractivity contribution in [3.63, 3.8) is 0 Å². The van der Waals surface area contributed by atoms with Crippen LogP contribution in [0.3, 0.4) is 0 Å². The first-order valence-electron chi connectivity index (χ1n) is 10.0. The van der Waals surface area contributed by atoms with Crippen molar-refractivity contribution in [3.05, 3.63) is 60.6 Å². The standard InChI is InChI=1S/C22H22N6O/c23-11-18-12-25-21(17-1-2-17)26-22(18)29-14-16-7-9-27(13-16)19-3-5-20(6-4-19)28-10-8-24-15-28/h3-6,8,10,12,15-17H,1-2,7,9,13-14H2. The Morgan fingerprint density at radius 2 is 1.97 bits per heavy atom. The normalized spacial score (nSPS) is 18.6. The lowest BCUT2D eigenvalue weighted by Crippen LogP contribution is -2.22. The lowest BCUT2D eigenvalue weighted by atomic mass is 10.1. The molecule has 0 amide bonds. The minimum atomic E-state index is 0.411. The highest BCUT2D eigenvalue weighted by Crippen LogP contribution is 2.38. The van der Waals surface area contributed by atoms with Crippen molar-refractivity contribution >= 4 is 5.69 Å². The zero-order valence-corrected chi connectivity index (χ0v) is 16.1. The molecule has 1 unspecified atom stereocenters. The summed E-state index contributed by atoms with van der Waals surface area (Å²) >= 11 is 0. The highest BCUT2D eigenvalue weighted by atomic mass is 16.5. The van der Waals surface area contributed by atoms with Crippen LogP contribution in [0.15, 0.2) is 49.2 Å². The summed E-state index contributed by atoms with van der Waals surface area (Å²) < 4.78 is 7.97. The molecule has 0 radical (unpaired) electrons. The van der Waals surface area contributed by atoms with Crippen LogP contribution in [0.5, 0.6) is 5.88 Å². The summed E-state index contributed by atoms with van der Waals surface area (Å²) in [4.78, 5) is 15.3. The predicted molar refractivity (Wildman–Crippen MR) is 108 cm³/mol. The maximum atomic E-state index is 9.31. The van der Waals surface area contributed by atoms with Gasteiger partial charge in [-0.3, -0.25) is 0 Å². The van der Waals surface area contributed by atoms with E-state index in [1.807, 2.05) is 10.8 Å². The number of hydrogen-bond donors (Lipinski definition) is 0. The Morgan fingerprint density at radius 3 is 2.69 bits per heavy atom. The molecule has 146 valence electrons. The van der Waals surface area contributed by atoms with E-state index in [2.05, 4.69) is 50.2 Å². The van der Waals surface area contributed by atoms with E-state index in [9.17, 15) is 5.26 Å². The van der Waals surface area contributed by atoms with E-state index >= 15 is 0 Å². The van der Waals surface area contributed by atoms with Gasteiger partial charge in [-0.05, 0) is 43.5 Å². The van der Waals surface area contributed by atoms with Crippen molar-refractivity contribution in [1.29, 1.82) is 5.26 Å². The number of hydrogen-bond acceptors (Lipinski definition) is 6. The van der Waals surface area contributed by atoms with Crippen LogP contribution in [-0.2, 0) is 0 Å². The molecule has 1 atom stereocenters. The summed E-state index contributed by atoms with van der Waals surface area (Å²) in [5.41, 5.74) is 2.73. The van der Waals surface area contributed by atoms with Gasteiger partial charge in [0.15, 0.2) is 0 Å². The molecule has 5 rings (SSSR count). The van der Waals surface area contributed by atoms with Crippen LogP contribution in [0.25, 0.3) is 5.69 Å². The van der Waals surface area contributed by atoms with Gasteiger partial charge in [-0.25, -0.2) is 9.97 Å². The molecule has 7 heteroatoms. The van der Waals surface area contributed by atoms with Crippen molar-refractivity contribution in [1.82, 2.24) is 19.5 Å². The van der Waals surface area contributed by atoms with Crippen LogP contribution in [0.4, 0.5) is 5.69 Å². The fourth-order valence-electron chi connectivity index (χ4n) is 3.75. The van der Waals surface area contributed by atoms with Crippen LogP contribution in [0.2, 0.25) is 0 Å². The van der Waals surface area contributed by atoms with Crippen molar-refractivity contribution in [2.45, 2.75) is 25.2 Å². The number of benzene rings is 1. The second kappa shape index (κ2) is 7.55. The van der Waals surface area contributed by atoms with Crippen LogP contribution in [-0.4, -0.2) is 39.2 Å². The summed E-state index contributed by atoms with van der Waals surface area (Å²) in [7, 11) is 0. The highest BCUT2D eigenvalue weighted by molar-refractivity contribution is 5.51. The van der Waals surface area contributed by atoms with Gasteiger partial charge in [-0.2, -0.15) is 10.2 Å². The van der Waals surface area contributed by atoms with Crippen LogP contribution in [0.1, 0.15) is 36.6 Å². The topological polar surface area (TPSA) is 79.9 Å². The first kappa shape index (κ1) is 17.7. The second-order valence-electron chi connectivity index (χ2n) is 7.73. The van der Waals surface area contributed by atoms with Gasteiger partial charge in [0.2, 0.25) is 5.88 Å². The molecular weight excluding hydrogens is 364 g/mol. The summed E-state index contributed by atoms with van der Waals surface area (Å²) in [6.45, 7) is 2.51. The first-order valence-corrected chi connectivity index (χ1v) is 10.0. The average molecular weight is 386 g/mol. The molecule has 1 saturated heterocycles. The van der Waals surface area contributed by atoms with Crippen molar-refractivity contribution < 1.29 is 4.74 Å². The third kappa shape index (κ3) is 3.79. The third-order valence-corrected chi connectivity index (χ3v) is 5.59. The summed E-state index contributed by atoms with van der Waals surface area (Å²) in [6.07, 6.45) is 10.4. The molecule has 7 nitrogen and oxygen atoms in total. The summed E-state index contributed by atoms with van der Waals surface area (Å²) in [5.74, 6) is 2.10. The van der Waals surface area contributed by atoms with Gasteiger partial charge >= 0.3 is 0 Å². The van der Waals surface area contributed by atoms with Crippen LogP contribution >= 0.6 is 0 Å². The molecule has 2 aromatic heterocycles. The number of ether oxygens (including phenoxy) is 1. The van der Waals surface area contributed by atoms with Crippen molar-refractivity contribution in [3.8, 4) is 17.6 Å². The molecule has 29 heavy (non-hydrogen) atoms. The number of nitrogens with zero attached hydrogens (tertiary/aromatic N) is 6. The van der Waals surface area contributed by atoms with E-state index in [-0.39, 0.29) is 0 Å². The monoisotopic (exact) mass is 386 g/mol. The Hall–Kier alpha value is -3.40. The SMILES string of the molecule is N#Cc1cnc(C2CC2)nc1OCC1CCN(c2ccc(-n3ccnc3)cc2)C1. The van der Waals surface area contributed by atoms with Gasteiger partial charge < -0.3 is 14.2 Å². The Labute approximate surface area is 169 Å². The van der Waals surface area contributed by atoms with E-state index in [1.165, 1.54) is 5.69 Å². The van der Waals surface area contributed by atoms with E-state index in [1.54, 1.807) is 18.7 Å². The molecule has 2 aliphatic rings. The van der Waals surface area contributed by atoms with Gasteiger partial charge in [0.1, 0.15) is 17.5 Å². The molecule has 2 fully saturated rings. The third-order valence-electron chi connectivity index (χ3n) is 5.59. The smallest absolute Gasteiger partial charge is 0.235 e.